The van der Waals surface area contributed by atoms with Gasteiger partial charge in [-0.05, 0) is 31.9 Å². The second-order valence-corrected chi connectivity index (χ2v) is 5.66. The van der Waals surface area contributed by atoms with Gasteiger partial charge in [0.15, 0.2) is 5.96 Å². The minimum Gasteiger partial charge on any atom is -0.507 e. The van der Waals surface area contributed by atoms with Crippen LogP contribution in [0.2, 0.25) is 0 Å². The van der Waals surface area contributed by atoms with Gasteiger partial charge in [0.25, 0.3) is 5.91 Å². The number of aromatic hydroxyl groups is 1. The number of nitrogens with zero attached hydrogens (tertiary/aromatic N) is 1. The van der Waals surface area contributed by atoms with Crippen molar-refractivity contribution in [3.05, 3.63) is 29.8 Å². The lowest BCUT2D eigenvalue weighted by atomic mass is 10.2. The molecule has 0 aromatic heterocycles. The minimum absolute atomic E-state index is 0.00950. The van der Waals surface area contributed by atoms with Crippen LogP contribution in [0.1, 0.15) is 43.0 Å². The van der Waals surface area contributed by atoms with E-state index in [0.717, 1.165) is 12.5 Å². The number of para-hydroxylation sites is 1. The van der Waals surface area contributed by atoms with Gasteiger partial charge >= 0.3 is 0 Å². The zero-order valence-corrected chi connectivity index (χ0v) is 13.6. The van der Waals surface area contributed by atoms with E-state index in [1.165, 1.54) is 31.7 Å². The lowest BCUT2D eigenvalue weighted by Gasteiger charge is -2.16. The molecule has 0 radical (unpaired) electrons. The zero-order chi connectivity index (χ0) is 16.5. The molecule has 126 valence electrons. The van der Waals surface area contributed by atoms with E-state index in [1.807, 2.05) is 6.92 Å². The molecule has 1 aliphatic rings. The number of rotatable bonds is 6. The van der Waals surface area contributed by atoms with E-state index in [-0.39, 0.29) is 17.2 Å². The van der Waals surface area contributed by atoms with E-state index in [9.17, 15) is 9.90 Å². The van der Waals surface area contributed by atoms with Crippen molar-refractivity contribution in [1.29, 1.82) is 0 Å². The van der Waals surface area contributed by atoms with E-state index in [2.05, 4.69) is 20.9 Å². The highest BCUT2D eigenvalue weighted by atomic mass is 16.3. The molecule has 4 N–H and O–H groups in total. The first-order valence-electron chi connectivity index (χ1n) is 8.31. The topological polar surface area (TPSA) is 85.8 Å². The maximum Gasteiger partial charge on any atom is 0.255 e. The number of aliphatic imine (C=N–C) groups is 1. The predicted molar refractivity (Wildman–Crippen MR) is 91.8 cm³/mol. The van der Waals surface area contributed by atoms with Gasteiger partial charge in [0.2, 0.25) is 0 Å². The molecule has 0 aliphatic heterocycles. The summed E-state index contributed by atoms with van der Waals surface area (Å²) in [5.74, 6) is 0.507. The standard InChI is InChI=1S/C17H26N4O2/c1-2-18-17(21-13-7-3-4-8-13)20-12-11-19-16(23)14-9-5-6-10-15(14)22/h5-6,9-10,13,22H,2-4,7-8,11-12H2,1H3,(H,19,23)(H2,18,20,21). The molecule has 0 saturated heterocycles. The van der Waals surface area contributed by atoms with Crippen molar-refractivity contribution in [3.8, 4) is 5.75 Å². The van der Waals surface area contributed by atoms with Crippen LogP contribution in [0.4, 0.5) is 0 Å². The van der Waals surface area contributed by atoms with Crippen LogP contribution in [0.15, 0.2) is 29.3 Å². The number of guanidine groups is 1. The lowest BCUT2D eigenvalue weighted by molar-refractivity contribution is 0.0952. The third kappa shape index (κ3) is 5.47. The number of phenolic OH excluding ortho intramolecular Hbond substituents is 1. The largest absolute Gasteiger partial charge is 0.507 e. The van der Waals surface area contributed by atoms with Crippen LogP contribution >= 0.6 is 0 Å². The van der Waals surface area contributed by atoms with Gasteiger partial charge in [-0.1, -0.05) is 25.0 Å². The number of hydrogen-bond acceptors (Lipinski definition) is 3. The highest BCUT2D eigenvalue weighted by Crippen LogP contribution is 2.17. The van der Waals surface area contributed by atoms with Crippen LogP contribution in [-0.4, -0.2) is 42.6 Å². The maximum atomic E-state index is 12.0. The molecule has 6 heteroatoms. The number of amides is 1. The van der Waals surface area contributed by atoms with Gasteiger partial charge in [-0.15, -0.1) is 0 Å². The molecule has 0 spiro atoms. The van der Waals surface area contributed by atoms with Crippen molar-refractivity contribution in [2.24, 2.45) is 4.99 Å². The summed E-state index contributed by atoms with van der Waals surface area (Å²) in [6.07, 6.45) is 4.92. The van der Waals surface area contributed by atoms with Crippen LogP contribution in [0, 0.1) is 0 Å². The fraction of sp³-hybridized carbons (Fsp3) is 0.529. The maximum absolute atomic E-state index is 12.0. The van der Waals surface area contributed by atoms with Crippen molar-refractivity contribution < 1.29 is 9.90 Å². The normalized spacial score (nSPS) is 15.4. The molecule has 6 nitrogen and oxygen atoms in total. The Morgan fingerprint density at radius 1 is 1.26 bits per heavy atom. The second kappa shape index (κ2) is 9.02. The van der Waals surface area contributed by atoms with E-state index >= 15 is 0 Å². The Bertz CT molecular complexity index is 539. The zero-order valence-electron chi connectivity index (χ0n) is 13.6. The van der Waals surface area contributed by atoms with E-state index in [4.69, 9.17) is 0 Å². The molecule has 1 saturated carbocycles. The number of carbonyl (C=O) groups is 1. The quantitative estimate of drug-likeness (QED) is 0.365. The number of benzene rings is 1. The average Bonchev–Trinajstić information content (AvgIpc) is 3.05. The van der Waals surface area contributed by atoms with E-state index in [0.29, 0.717) is 19.1 Å². The fourth-order valence-electron chi connectivity index (χ4n) is 2.68. The number of phenols is 1. The average molecular weight is 318 g/mol. The van der Waals surface area contributed by atoms with Crippen LogP contribution in [0.25, 0.3) is 0 Å². The first-order valence-corrected chi connectivity index (χ1v) is 8.31. The van der Waals surface area contributed by atoms with Gasteiger partial charge < -0.3 is 21.1 Å². The molecule has 1 fully saturated rings. The molecule has 0 heterocycles. The van der Waals surface area contributed by atoms with E-state index in [1.54, 1.807) is 18.2 Å². The van der Waals surface area contributed by atoms with Gasteiger partial charge in [-0.2, -0.15) is 0 Å². The summed E-state index contributed by atoms with van der Waals surface area (Å²) in [5.41, 5.74) is 0.285. The van der Waals surface area contributed by atoms with Crippen LogP contribution in [-0.2, 0) is 0 Å². The van der Waals surface area contributed by atoms with Crippen molar-refractivity contribution >= 4 is 11.9 Å². The Balaban J connectivity index is 1.78. The summed E-state index contributed by atoms with van der Waals surface area (Å²) in [7, 11) is 0. The summed E-state index contributed by atoms with van der Waals surface area (Å²) in [6, 6.07) is 7.01. The van der Waals surface area contributed by atoms with Crippen molar-refractivity contribution in [2.45, 2.75) is 38.6 Å². The Morgan fingerprint density at radius 3 is 2.70 bits per heavy atom. The molecule has 0 unspecified atom stereocenters. The monoisotopic (exact) mass is 318 g/mol. The lowest BCUT2D eigenvalue weighted by Crippen LogP contribution is -2.42. The molecule has 1 aromatic rings. The third-order valence-electron chi connectivity index (χ3n) is 3.86. The van der Waals surface area contributed by atoms with Crippen molar-refractivity contribution in [2.75, 3.05) is 19.6 Å². The fourth-order valence-corrected chi connectivity index (χ4v) is 2.68. The second-order valence-electron chi connectivity index (χ2n) is 5.66. The molecule has 2 rings (SSSR count). The predicted octanol–water partition coefficient (Wildman–Crippen LogP) is 1.62. The molecule has 1 aromatic carbocycles. The number of carbonyl (C=O) groups excluding carboxylic acids is 1. The van der Waals surface area contributed by atoms with Gasteiger partial charge in [-0.25, -0.2) is 0 Å². The first kappa shape index (κ1) is 17.1. The highest BCUT2D eigenvalue weighted by molar-refractivity contribution is 5.96. The Labute approximate surface area is 137 Å². The van der Waals surface area contributed by atoms with Gasteiger partial charge in [0, 0.05) is 19.1 Å². The van der Waals surface area contributed by atoms with Crippen LogP contribution < -0.4 is 16.0 Å². The molecule has 0 atom stereocenters. The Kier molecular flexibility index (Phi) is 6.72. The van der Waals surface area contributed by atoms with Gasteiger partial charge in [0.1, 0.15) is 5.75 Å². The minimum atomic E-state index is -0.285. The summed E-state index contributed by atoms with van der Waals surface area (Å²) in [4.78, 5) is 16.4. The van der Waals surface area contributed by atoms with Crippen LogP contribution in [0.5, 0.6) is 5.75 Å². The van der Waals surface area contributed by atoms with E-state index < -0.39 is 0 Å². The molecular formula is C17H26N4O2. The highest BCUT2D eigenvalue weighted by Gasteiger charge is 2.15. The van der Waals surface area contributed by atoms with Crippen LogP contribution in [0.3, 0.4) is 0 Å². The SMILES string of the molecule is CCNC(=NCCNC(=O)c1ccccc1O)NC1CCCC1. The molecule has 23 heavy (non-hydrogen) atoms. The number of nitrogens with one attached hydrogen (secondary N) is 3. The van der Waals surface area contributed by atoms with Gasteiger partial charge in [0.05, 0.1) is 12.1 Å². The molecule has 1 aliphatic carbocycles. The molecular weight excluding hydrogens is 292 g/mol. The Hall–Kier alpha value is -2.24. The van der Waals surface area contributed by atoms with Crippen molar-refractivity contribution in [1.82, 2.24) is 16.0 Å². The number of hydrogen-bond donors (Lipinski definition) is 4. The summed E-state index contributed by atoms with van der Waals surface area (Å²) >= 11 is 0. The smallest absolute Gasteiger partial charge is 0.255 e. The third-order valence-corrected chi connectivity index (χ3v) is 3.86. The summed E-state index contributed by atoms with van der Waals surface area (Å²) in [5, 5.41) is 19.1. The molecule has 0 bridgehead atoms. The Morgan fingerprint density at radius 2 is 2.00 bits per heavy atom. The first-order chi connectivity index (χ1) is 11.2. The summed E-state index contributed by atoms with van der Waals surface area (Å²) in [6.45, 7) is 3.75. The molecule has 1 amide bonds. The van der Waals surface area contributed by atoms with Crippen molar-refractivity contribution in [3.63, 3.8) is 0 Å². The van der Waals surface area contributed by atoms with Gasteiger partial charge in [-0.3, -0.25) is 9.79 Å². The summed E-state index contributed by atoms with van der Waals surface area (Å²) < 4.78 is 0.